The maximum Gasteiger partial charge on any atom is 0.269 e. The van der Waals surface area contributed by atoms with Gasteiger partial charge in [0.15, 0.2) is 4.96 Å². The molecule has 0 unspecified atom stereocenters. The van der Waals surface area contributed by atoms with Gasteiger partial charge < -0.3 is 9.47 Å². The van der Waals surface area contributed by atoms with E-state index in [0.29, 0.717) is 6.61 Å². The van der Waals surface area contributed by atoms with E-state index in [1.165, 1.54) is 12.1 Å². The summed E-state index contributed by atoms with van der Waals surface area (Å²) in [6.07, 6.45) is 1.97. The van der Waals surface area contributed by atoms with Gasteiger partial charge >= 0.3 is 0 Å². The van der Waals surface area contributed by atoms with E-state index in [9.17, 15) is 10.1 Å². The van der Waals surface area contributed by atoms with Gasteiger partial charge in [-0.2, -0.15) is 0 Å². The number of nitrogens with zero attached hydrogens (tertiary/aromatic N) is 4. The number of aromatic nitrogens is 2. The highest BCUT2D eigenvalue weighted by molar-refractivity contribution is 7.23. The summed E-state index contributed by atoms with van der Waals surface area (Å²) >= 11 is 1.61. The number of thiazole rings is 1. The lowest BCUT2D eigenvalue weighted by Crippen LogP contribution is -2.38. The third kappa shape index (κ3) is 3.74. The smallest absolute Gasteiger partial charge is 0.269 e. The lowest BCUT2D eigenvalue weighted by atomic mass is 10.1. The number of ether oxygens (including phenoxy) is 2. The van der Waals surface area contributed by atoms with Crippen molar-refractivity contribution < 1.29 is 14.4 Å². The average molecular weight is 424 g/mol. The Hall–Kier alpha value is -3.01. The summed E-state index contributed by atoms with van der Waals surface area (Å²) in [6.45, 7) is 5.00. The molecule has 1 aliphatic rings. The van der Waals surface area contributed by atoms with Crippen molar-refractivity contribution in [1.29, 1.82) is 0 Å². The fourth-order valence-corrected chi connectivity index (χ4v) is 4.57. The second-order valence-corrected chi connectivity index (χ2v) is 8.13. The molecule has 2 aromatic carbocycles. The van der Waals surface area contributed by atoms with Gasteiger partial charge in [-0.25, -0.2) is 4.98 Å². The summed E-state index contributed by atoms with van der Waals surface area (Å²) < 4.78 is 14.5. The molecule has 9 heteroatoms. The van der Waals surface area contributed by atoms with Crippen LogP contribution in [0, 0.1) is 10.1 Å². The first kappa shape index (κ1) is 19.0. The second kappa shape index (κ2) is 8.02. The van der Waals surface area contributed by atoms with Crippen molar-refractivity contribution in [3.8, 4) is 17.0 Å². The molecule has 3 heterocycles. The highest BCUT2D eigenvalue weighted by Crippen LogP contribution is 2.32. The molecule has 0 N–H and O–H groups in total. The number of imidazole rings is 1. The summed E-state index contributed by atoms with van der Waals surface area (Å²) in [5.74, 6) is 0.834. The summed E-state index contributed by atoms with van der Waals surface area (Å²) in [7, 11) is 0. The molecule has 154 valence electrons. The Kier molecular flexibility index (Phi) is 5.07. The molecular formula is C21H20N4O4S. The molecule has 4 aromatic rings. The van der Waals surface area contributed by atoms with Gasteiger partial charge in [0, 0.05) is 49.6 Å². The number of benzene rings is 2. The summed E-state index contributed by atoms with van der Waals surface area (Å²) in [4.78, 5) is 18.4. The van der Waals surface area contributed by atoms with Gasteiger partial charge in [0.05, 0.1) is 34.0 Å². The highest BCUT2D eigenvalue weighted by atomic mass is 32.1. The Morgan fingerprint density at radius 1 is 1.17 bits per heavy atom. The second-order valence-electron chi connectivity index (χ2n) is 7.12. The zero-order valence-electron chi connectivity index (χ0n) is 16.2. The first-order valence-corrected chi connectivity index (χ1v) is 10.6. The molecule has 5 rings (SSSR count). The molecule has 1 fully saturated rings. The van der Waals surface area contributed by atoms with E-state index in [2.05, 4.69) is 11.0 Å². The van der Waals surface area contributed by atoms with Gasteiger partial charge in [0.2, 0.25) is 0 Å². The van der Waals surface area contributed by atoms with Crippen molar-refractivity contribution in [3.63, 3.8) is 0 Å². The maximum atomic E-state index is 10.9. The fourth-order valence-electron chi connectivity index (χ4n) is 3.58. The van der Waals surface area contributed by atoms with Crippen molar-refractivity contribution in [3.05, 3.63) is 58.8 Å². The first-order valence-electron chi connectivity index (χ1n) is 9.77. The number of nitro groups is 1. The zero-order valence-corrected chi connectivity index (χ0v) is 17.0. The van der Waals surface area contributed by atoms with E-state index >= 15 is 0 Å². The minimum atomic E-state index is -0.399. The van der Waals surface area contributed by atoms with Gasteiger partial charge in [-0.1, -0.05) is 11.3 Å². The molecule has 0 spiro atoms. The van der Waals surface area contributed by atoms with Crippen LogP contribution in [0.4, 0.5) is 5.69 Å². The number of rotatable bonds is 6. The number of fused-ring (bicyclic) bond motifs is 3. The van der Waals surface area contributed by atoms with Crippen molar-refractivity contribution in [2.45, 2.75) is 0 Å². The third-order valence-electron chi connectivity index (χ3n) is 5.22. The van der Waals surface area contributed by atoms with E-state index in [4.69, 9.17) is 14.5 Å². The van der Waals surface area contributed by atoms with Crippen molar-refractivity contribution in [1.82, 2.24) is 14.3 Å². The van der Waals surface area contributed by atoms with E-state index in [0.717, 1.165) is 65.0 Å². The molecule has 0 atom stereocenters. The molecule has 0 saturated carbocycles. The van der Waals surface area contributed by atoms with E-state index in [1.54, 1.807) is 23.5 Å². The van der Waals surface area contributed by atoms with Gasteiger partial charge in [-0.15, -0.1) is 0 Å². The standard InChI is InChI=1S/C21H20N4O4S/c26-25(27)16-3-1-15(2-4-16)18-14-24-19-13-17(5-6-20(19)30-21(24)22-18)29-12-9-23-7-10-28-11-8-23/h1-6,13-14H,7-12H2. The molecule has 0 aliphatic carbocycles. The molecule has 30 heavy (non-hydrogen) atoms. The van der Waals surface area contributed by atoms with Crippen LogP contribution >= 0.6 is 11.3 Å². The van der Waals surface area contributed by atoms with Crippen LogP contribution in [-0.2, 0) is 4.74 Å². The molecule has 1 saturated heterocycles. The molecule has 8 nitrogen and oxygen atoms in total. The monoisotopic (exact) mass is 424 g/mol. The summed E-state index contributed by atoms with van der Waals surface area (Å²) in [5, 5.41) is 10.9. The summed E-state index contributed by atoms with van der Waals surface area (Å²) in [5.41, 5.74) is 2.75. The van der Waals surface area contributed by atoms with E-state index < -0.39 is 4.92 Å². The Balaban J connectivity index is 1.36. The summed E-state index contributed by atoms with van der Waals surface area (Å²) in [6, 6.07) is 12.6. The Morgan fingerprint density at radius 3 is 2.73 bits per heavy atom. The minimum Gasteiger partial charge on any atom is -0.492 e. The van der Waals surface area contributed by atoms with Crippen molar-refractivity contribution in [2.24, 2.45) is 0 Å². The quantitative estimate of drug-likeness (QED) is 0.346. The molecule has 0 radical (unpaired) electrons. The number of morpholine rings is 1. The number of nitro benzene ring substituents is 1. The molecular weight excluding hydrogens is 404 g/mol. The largest absolute Gasteiger partial charge is 0.492 e. The SMILES string of the molecule is O=[N+]([O-])c1ccc(-c2cn3c(n2)sc2ccc(OCCN4CCOCC4)cc23)cc1. The maximum absolute atomic E-state index is 10.9. The Labute approximate surface area is 176 Å². The van der Waals surface area contributed by atoms with E-state index in [-0.39, 0.29) is 5.69 Å². The number of hydrogen-bond donors (Lipinski definition) is 0. The molecule has 2 aromatic heterocycles. The lowest BCUT2D eigenvalue weighted by molar-refractivity contribution is -0.384. The molecule has 1 aliphatic heterocycles. The Bertz CT molecular complexity index is 1200. The predicted molar refractivity (Wildman–Crippen MR) is 115 cm³/mol. The molecule has 0 amide bonds. The topological polar surface area (TPSA) is 82.1 Å². The normalized spacial score (nSPS) is 15.1. The predicted octanol–water partition coefficient (Wildman–Crippen LogP) is 3.84. The van der Waals surface area contributed by atoms with Crippen LogP contribution in [0.25, 0.3) is 26.4 Å². The van der Waals surface area contributed by atoms with Gasteiger partial charge in [-0.05, 0) is 24.3 Å². The van der Waals surface area contributed by atoms with Crippen molar-refractivity contribution in [2.75, 3.05) is 39.5 Å². The van der Waals surface area contributed by atoms with Crippen LogP contribution in [0.5, 0.6) is 5.75 Å². The first-order chi connectivity index (χ1) is 14.7. The lowest BCUT2D eigenvalue weighted by Gasteiger charge is -2.26. The van der Waals surface area contributed by atoms with Crippen LogP contribution in [0.1, 0.15) is 0 Å². The minimum absolute atomic E-state index is 0.0732. The highest BCUT2D eigenvalue weighted by Gasteiger charge is 2.13. The van der Waals surface area contributed by atoms with Gasteiger partial charge in [-0.3, -0.25) is 19.4 Å². The third-order valence-corrected chi connectivity index (χ3v) is 6.25. The number of hydrogen-bond acceptors (Lipinski definition) is 7. The van der Waals surface area contributed by atoms with Crippen LogP contribution in [0.15, 0.2) is 48.7 Å². The van der Waals surface area contributed by atoms with Gasteiger partial charge in [0.1, 0.15) is 12.4 Å². The average Bonchev–Trinajstić information content (AvgIpc) is 3.33. The fraction of sp³-hybridized carbons (Fsp3) is 0.286. The molecule has 0 bridgehead atoms. The van der Waals surface area contributed by atoms with Crippen LogP contribution in [0.3, 0.4) is 0 Å². The van der Waals surface area contributed by atoms with Crippen LogP contribution < -0.4 is 4.74 Å². The van der Waals surface area contributed by atoms with E-state index in [1.807, 2.05) is 22.7 Å². The zero-order chi connectivity index (χ0) is 20.5. The Morgan fingerprint density at radius 2 is 1.97 bits per heavy atom. The van der Waals surface area contributed by atoms with Crippen LogP contribution in [-0.4, -0.2) is 58.7 Å². The van der Waals surface area contributed by atoms with Crippen molar-refractivity contribution >= 4 is 32.2 Å². The van der Waals surface area contributed by atoms with Crippen LogP contribution in [0.2, 0.25) is 0 Å². The van der Waals surface area contributed by atoms with Gasteiger partial charge in [0.25, 0.3) is 5.69 Å². The number of non-ortho nitro benzene ring substituents is 1.